The van der Waals surface area contributed by atoms with E-state index in [9.17, 15) is 17.6 Å². The lowest BCUT2D eigenvalue weighted by Crippen LogP contribution is -2.38. The number of fused-ring (bicyclic) bond motifs is 1. The smallest absolute Gasteiger partial charge is 0.314 e. The van der Waals surface area contributed by atoms with Crippen molar-refractivity contribution in [1.29, 1.82) is 0 Å². The number of hydrogen-bond donors (Lipinski definition) is 0. The molecule has 0 N–H and O–H groups in total. The minimum Gasteiger partial charge on any atom is -0.314 e. The molecule has 2 amide bonds. The van der Waals surface area contributed by atoms with Crippen LogP contribution in [0.3, 0.4) is 0 Å². The molecule has 2 heterocycles. The van der Waals surface area contributed by atoms with E-state index >= 15 is 0 Å². The van der Waals surface area contributed by atoms with Crippen LogP contribution in [0.5, 0.6) is 0 Å². The Balaban J connectivity index is 1.78. The molecular weight excluding hydrogens is 403 g/mol. The minimum atomic E-state index is -3.30. The molecule has 0 bridgehead atoms. The first kappa shape index (κ1) is 19.2. The number of hydrogen-bond acceptors (Lipinski definition) is 3. The van der Waals surface area contributed by atoms with Gasteiger partial charge in [-0.15, -0.1) is 0 Å². The molecule has 2 aliphatic rings. The number of nitrogens with zero attached hydrogens (tertiary/aromatic N) is 2. The van der Waals surface area contributed by atoms with E-state index in [1.807, 2.05) is 32.0 Å². The molecule has 8 heteroatoms. The highest BCUT2D eigenvalue weighted by Crippen LogP contribution is 2.38. The zero-order valence-corrected chi connectivity index (χ0v) is 17.1. The van der Waals surface area contributed by atoms with Gasteiger partial charge in [0.15, 0.2) is 9.84 Å². The Bertz CT molecular complexity index is 1050. The number of halogens is 2. The Kier molecular flexibility index (Phi) is 4.62. The van der Waals surface area contributed by atoms with Gasteiger partial charge in [0.25, 0.3) is 0 Å². The molecule has 0 aliphatic carbocycles. The van der Waals surface area contributed by atoms with E-state index in [-0.39, 0.29) is 34.7 Å². The second kappa shape index (κ2) is 6.74. The van der Waals surface area contributed by atoms with Gasteiger partial charge in [-0.25, -0.2) is 17.6 Å². The maximum Gasteiger partial charge on any atom is 0.325 e. The fraction of sp³-hybridized carbons (Fsp3) is 0.350. The van der Waals surface area contributed by atoms with Crippen LogP contribution in [0.25, 0.3) is 0 Å². The number of amides is 2. The van der Waals surface area contributed by atoms with E-state index in [4.69, 9.17) is 11.6 Å². The SMILES string of the molecule is Cc1ccc(C)c(N2C(=O)N(Cc3c(F)cccc3Cl)[C@@H]3CS(=O)(=O)C[C@H]32)c1. The first-order chi connectivity index (χ1) is 13.2. The van der Waals surface area contributed by atoms with Gasteiger partial charge < -0.3 is 4.90 Å². The van der Waals surface area contributed by atoms with Crippen LogP contribution in [0.4, 0.5) is 14.9 Å². The lowest BCUT2D eigenvalue weighted by atomic mass is 10.1. The predicted molar refractivity (Wildman–Crippen MR) is 107 cm³/mol. The number of rotatable bonds is 3. The van der Waals surface area contributed by atoms with Crippen molar-refractivity contribution in [3.8, 4) is 0 Å². The molecule has 0 spiro atoms. The number of carbonyl (C=O) groups excluding carboxylic acids is 1. The average Bonchev–Trinajstić information content (AvgIpc) is 3.04. The number of aryl methyl sites for hydroxylation is 2. The molecule has 2 atom stereocenters. The molecule has 0 unspecified atom stereocenters. The largest absolute Gasteiger partial charge is 0.325 e. The van der Waals surface area contributed by atoms with E-state index < -0.39 is 27.7 Å². The molecule has 2 fully saturated rings. The number of carbonyl (C=O) groups is 1. The first-order valence-corrected chi connectivity index (χ1v) is 11.2. The van der Waals surface area contributed by atoms with Crippen molar-refractivity contribution in [2.24, 2.45) is 0 Å². The fourth-order valence-electron chi connectivity index (χ4n) is 4.08. The van der Waals surface area contributed by atoms with Gasteiger partial charge in [0, 0.05) is 16.3 Å². The Labute approximate surface area is 168 Å². The van der Waals surface area contributed by atoms with E-state index in [1.54, 1.807) is 11.0 Å². The lowest BCUT2D eigenvalue weighted by molar-refractivity contribution is 0.205. The number of anilines is 1. The third kappa shape index (κ3) is 3.16. The maximum atomic E-state index is 14.3. The van der Waals surface area contributed by atoms with Crippen molar-refractivity contribution in [3.05, 3.63) is 63.9 Å². The molecular formula is C20H20ClFN2O3S. The van der Waals surface area contributed by atoms with Crippen molar-refractivity contribution >= 4 is 33.2 Å². The molecule has 5 nitrogen and oxygen atoms in total. The molecule has 2 aliphatic heterocycles. The molecule has 4 rings (SSSR count). The van der Waals surface area contributed by atoms with Crippen LogP contribution in [-0.4, -0.2) is 42.9 Å². The normalized spacial score (nSPS) is 23.4. The summed E-state index contributed by atoms with van der Waals surface area (Å²) in [5, 5.41) is 0.218. The van der Waals surface area contributed by atoms with Crippen molar-refractivity contribution in [2.75, 3.05) is 16.4 Å². The van der Waals surface area contributed by atoms with Gasteiger partial charge in [0.2, 0.25) is 0 Å². The summed E-state index contributed by atoms with van der Waals surface area (Å²) < 4.78 is 39.0. The van der Waals surface area contributed by atoms with Crippen LogP contribution in [0.15, 0.2) is 36.4 Å². The second-order valence-corrected chi connectivity index (χ2v) is 10.0. The number of sulfone groups is 1. The van der Waals surface area contributed by atoms with Crippen LogP contribution in [0.1, 0.15) is 16.7 Å². The lowest BCUT2D eigenvalue weighted by Gasteiger charge is -2.24. The maximum absolute atomic E-state index is 14.3. The molecule has 0 saturated carbocycles. The molecule has 0 radical (unpaired) electrons. The standard InChI is InChI=1S/C20H20ClFN2O3S/c1-12-6-7-13(2)17(8-12)24-19-11-28(26,27)10-18(19)23(20(24)25)9-14-15(21)4-3-5-16(14)22/h3-8,18-19H,9-11H2,1-2H3/t18-,19-/m1/s1. The quantitative estimate of drug-likeness (QED) is 0.708. The van der Waals surface area contributed by atoms with Gasteiger partial charge in [-0.2, -0.15) is 0 Å². The molecule has 2 aromatic rings. The Hall–Kier alpha value is -2.12. The van der Waals surface area contributed by atoms with E-state index in [0.29, 0.717) is 5.69 Å². The summed E-state index contributed by atoms with van der Waals surface area (Å²) in [5.74, 6) is -0.738. The highest BCUT2D eigenvalue weighted by atomic mass is 35.5. The molecule has 148 valence electrons. The average molecular weight is 423 g/mol. The summed E-state index contributed by atoms with van der Waals surface area (Å²) in [7, 11) is -3.30. The highest BCUT2D eigenvalue weighted by molar-refractivity contribution is 7.91. The topological polar surface area (TPSA) is 57.7 Å². The van der Waals surface area contributed by atoms with Crippen molar-refractivity contribution < 1.29 is 17.6 Å². The van der Waals surface area contributed by atoms with Gasteiger partial charge in [-0.3, -0.25) is 4.90 Å². The molecule has 2 saturated heterocycles. The summed E-state index contributed by atoms with van der Waals surface area (Å²) in [6.45, 7) is 3.74. The third-order valence-corrected chi connectivity index (χ3v) is 7.54. The van der Waals surface area contributed by atoms with Crippen molar-refractivity contribution in [1.82, 2.24) is 4.90 Å². The Morgan fingerprint density at radius 1 is 1.14 bits per heavy atom. The summed E-state index contributed by atoms with van der Waals surface area (Å²) >= 11 is 6.14. The number of urea groups is 1. The van der Waals surface area contributed by atoms with E-state index in [1.165, 1.54) is 17.0 Å². The second-order valence-electron chi connectivity index (χ2n) is 7.48. The summed E-state index contributed by atoms with van der Waals surface area (Å²) in [6.07, 6.45) is 0. The van der Waals surface area contributed by atoms with E-state index in [2.05, 4.69) is 0 Å². The Morgan fingerprint density at radius 3 is 2.57 bits per heavy atom. The number of benzene rings is 2. The third-order valence-electron chi connectivity index (χ3n) is 5.49. The van der Waals surface area contributed by atoms with Gasteiger partial charge >= 0.3 is 6.03 Å². The fourth-order valence-corrected chi connectivity index (χ4v) is 6.25. The zero-order valence-electron chi connectivity index (χ0n) is 15.5. The molecule has 28 heavy (non-hydrogen) atoms. The van der Waals surface area contributed by atoms with Gasteiger partial charge in [0.05, 0.1) is 30.1 Å². The van der Waals surface area contributed by atoms with Crippen molar-refractivity contribution in [2.45, 2.75) is 32.5 Å². The van der Waals surface area contributed by atoms with Gasteiger partial charge in [0.1, 0.15) is 5.82 Å². The summed E-state index contributed by atoms with van der Waals surface area (Å²) in [6, 6.07) is 8.73. The monoisotopic (exact) mass is 422 g/mol. The molecule has 0 aromatic heterocycles. The predicted octanol–water partition coefficient (Wildman–Crippen LogP) is 3.70. The van der Waals surface area contributed by atoms with Crippen LogP contribution in [0, 0.1) is 19.7 Å². The highest BCUT2D eigenvalue weighted by Gasteiger charge is 2.54. The van der Waals surface area contributed by atoms with Crippen LogP contribution in [-0.2, 0) is 16.4 Å². The van der Waals surface area contributed by atoms with Crippen LogP contribution < -0.4 is 4.90 Å². The van der Waals surface area contributed by atoms with E-state index in [0.717, 1.165) is 11.1 Å². The molecule has 2 aromatic carbocycles. The summed E-state index contributed by atoms with van der Waals surface area (Å²) in [4.78, 5) is 16.3. The van der Waals surface area contributed by atoms with Crippen LogP contribution in [0.2, 0.25) is 5.02 Å². The van der Waals surface area contributed by atoms with Gasteiger partial charge in [-0.1, -0.05) is 29.8 Å². The first-order valence-electron chi connectivity index (χ1n) is 8.98. The van der Waals surface area contributed by atoms with Gasteiger partial charge in [-0.05, 0) is 43.2 Å². The van der Waals surface area contributed by atoms with Crippen LogP contribution >= 0.6 is 11.6 Å². The van der Waals surface area contributed by atoms with Crippen molar-refractivity contribution in [3.63, 3.8) is 0 Å². The summed E-state index contributed by atoms with van der Waals surface area (Å²) in [5.41, 5.74) is 2.75. The zero-order chi connectivity index (χ0) is 20.2. The Morgan fingerprint density at radius 2 is 1.86 bits per heavy atom. The minimum absolute atomic E-state index is 0.0671.